The highest BCUT2D eigenvalue weighted by atomic mass is 32.2. The van der Waals surface area contributed by atoms with Gasteiger partial charge in [-0.15, -0.1) is 0 Å². The predicted molar refractivity (Wildman–Crippen MR) is 97.1 cm³/mol. The second-order valence-corrected chi connectivity index (χ2v) is 7.40. The number of pyridine rings is 1. The first-order valence-electron chi connectivity index (χ1n) is 7.58. The summed E-state index contributed by atoms with van der Waals surface area (Å²) >= 11 is 0. The zero-order valence-corrected chi connectivity index (χ0v) is 14.1. The maximum absolute atomic E-state index is 12.4. The molecule has 122 valence electrons. The van der Waals surface area contributed by atoms with Gasteiger partial charge >= 0.3 is 0 Å². The number of aryl methyl sites for hydroxylation is 1. The van der Waals surface area contributed by atoms with E-state index in [2.05, 4.69) is 9.71 Å². The van der Waals surface area contributed by atoms with Crippen LogP contribution in [-0.2, 0) is 15.8 Å². The molecule has 1 aromatic heterocycles. The van der Waals surface area contributed by atoms with Crippen LogP contribution in [0.3, 0.4) is 0 Å². The molecule has 0 aliphatic heterocycles. The van der Waals surface area contributed by atoms with Gasteiger partial charge in [0.2, 0.25) is 10.0 Å². The minimum Gasteiger partial charge on any atom is -0.282 e. The Bertz CT molecular complexity index is 921. The van der Waals surface area contributed by atoms with E-state index in [0.717, 1.165) is 22.3 Å². The molecule has 3 rings (SSSR count). The van der Waals surface area contributed by atoms with Crippen molar-refractivity contribution in [3.05, 3.63) is 84.2 Å². The Morgan fingerprint density at radius 2 is 1.62 bits per heavy atom. The minimum absolute atomic E-state index is 0.0666. The average Bonchev–Trinajstić information content (AvgIpc) is 2.57. The van der Waals surface area contributed by atoms with Crippen molar-refractivity contribution in [2.45, 2.75) is 12.7 Å². The lowest BCUT2D eigenvalue weighted by Crippen LogP contribution is -2.15. The van der Waals surface area contributed by atoms with Crippen LogP contribution in [0.4, 0.5) is 5.69 Å². The summed E-state index contributed by atoms with van der Waals surface area (Å²) in [6.45, 7) is 1.97. The van der Waals surface area contributed by atoms with E-state index in [1.807, 2.05) is 61.5 Å². The first-order valence-corrected chi connectivity index (χ1v) is 9.24. The molecular weight excluding hydrogens is 320 g/mol. The SMILES string of the molecule is Cc1ccc(CS(=O)(=O)Nc2cncc(-c3ccccc3)c2)cc1. The number of aromatic nitrogens is 1. The summed E-state index contributed by atoms with van der Waals surface area (Å²) < 4.78 is 27.3. The second-order valence-electron chi connectivity index (χ2n) is 5.68. The van der Waals surface area contributed by atoms with Crippen LogP contribution in [0.25, 0.3) is 11.1 Å². The van der Waals surface area contributed by atoms with Gasteiger partial charge in [-0.05, 0) is 24.1 Å². The van der Waals surface area contributed by atoms with Crippen molar-refractivity contribution in [2.75, 3.05) is 4.72 Å². The third-order valence-electron chi connectivity index (χ3n) is 3.60. The number of sulfonamides is 1. The van der Waals surface area contributed by atoms with E-state index in [4.69, 9.17) is 0 Å². The lowest BCUT2D eigenvalue weighted by Gasteiger charge is -2.09. The van der Waals surface area contributed by atoms with E-state index in [1.54, 1.807) is 12.3 Å². The quantitative estimate of drug-likeness (QED) is 0.765. The molecule has 0 radical (unpaired) electrons. The van der Waals surface area contributed by atoms with Crippen LogP contribution < -0.4 is 4.72 Å². The number of nitrogens with zero attached hydrogens (tertiary/aromatic N) is 1. The van der Waals surface area contributed by atoms with Crippen LogP contribution in [0, 0.1) is 6.92 Å². The van der Waals surface area contributed by atoms with E-state index < -0.39 is 10.0 Å². The number of benzene rings is 2. The number of hydrogen-bond donors (Lipinski definition) is 1. The molecule has 24 heavy (non-hydrogen) atoms. The van der Waals surface area contributed by atoms with Gasteiger partial charge in [0.15, 0.2) is 0 Å². The van der Waals surface area contributed by atoms with Crippen molar-refractivity contribution in [2.24, 2.45) is 0 Å². The van der Waals surface area contributed by atoms with Crippen LogP contribution >= 0.6 is 0 Å². The van der Waals surface area contributed by atoms with Gasteiger partial charge in [0, 0.05) is 11.8 Å². The van der Waals surface area contributed by atoms with Crippen molar-refractivity contribution in [3.8, 4) is 11.1 Å². The van der Waals surface area contributed by atoms with Crippen molar-refractivity contribution in [1.29, 1.82) is 0 Å². The predicted octanol–water partition coefficient (Wildman–Crippen LogP) is 4.00. The lowest BCUT2D eigenvalue weighted by atomic mass is 10.1. The Kier molecular flexibility index (Phi) is 4.62. The molecule has 2 aromatic carbocycles. The Morgan fingerprint density at radius 1 is 0.917 bits per heavy atom. The summed E-state index contributed by atoms with van der Waals surface area (Å²) in [6.07, 6.45) is 3.23. The smallest absolute Gasteiger partial charge is 0.236 e. The van der Waals surface area contributed by atoms with Crippen LogP contribution in [0.1, 0.15) is 11.1 Å². The summed E-state index contributed by atoms with van der Waals surface area (Å²) in [6, 6.07) is 19.0. The van der Waals surface area contributed by atoms with Crippen molar-refractivity contribution >= 4 is 15.7 Å². The van der Waals surface area contributed by atoms with Gasteiger partial charge in [0.25, 0.3) is 0 Å². The first kappa shape index (κ1) is 16.2. The molecule has 4 nitrogen and oxygen atoms in total. The molecule has 0 aliphatic carbocycles. The van der Waals surface area contributed by atoms with E-state index in [1.165, 1.54) is 6.20 Å². The highest BCUT2D eigenvalue weighted by molar-refractivity contribution is 7.91. The summed E-state index contributed by atoms with van der Waals surface area (Å²) in [5.41, 5.74) is 4.17. The third-order valence-corrected chi connectivity index (χ3v) is 4.86. The normalized spacial score (nSPS) is 11.2. The molecule has 0 spiro atoms. The Balaban J connectivity index is 1.79. The molecule has 0 aliphatic rings. The third kappa shape index (κ3) is 4.20. The van der Waals surface area contributed by atoms with Gasteiger partial charge in [-0.2, -0.15) is 0 Å². The van der Waals surface area contributed by atoms with Crippen LogP contribution in [0.15, 0.2) is 73.1 Å². The van der Waals surface area contributed by atoms with E-state index in [0.29, 0.717) is 5.69 Å². The number of nitrogens with one attached hydrogen (secondary N) is 1. The topological polar surface area (TPSA) is 59.1 Å². The molecule has 5 heteroatoms. The van der Waals surface area contributed by atoms with Gasteiger partial charge in [0.05, 0.1) is 17.6 Å². The Hall–Kier alpha value is -2.66. The van der Waals surface area contributed by atoms with Gasteiger partial charge < -0.3 is 0 Å². The highest BCUT2D eigenvalue weighted by Crippen LogP contribution is 2.22. The monoisotopic (exact) mass is 338 g/mol. The fourth-order valence-corrected chi connectivity index (χ4v) is 3.58. The Labute approximate surface area is 142 Å². The molecular formula is C19H18N2O2S. The summed E-state index contributed by atoms with van der Waals surface area (Å²) in [7, 11) is -3.49. The molecule has 1 heterocycles. The number of anilines is 1. The zero-order valence-electron chi connectivity index (χ0n) is 13.3. The highest BCUT2D eigenvalue weighted by Gasteiger charge is 2.12. The zero-order chi connectivity index (χ0) is 17.0. The van der Waals surface area contributed by atoms with Crippen molar-refractivity contribution in [3.63, 3.8) is 0 Å². The van der Waals surface area contributed by atoms with Gasteiger partial charge in [-0.1, -0.05) is 60.2 Å². The van der Waals surface area contributed by atoms with Gasteiger partial charge in [0.1, 0.15) is 0 Å². The van der Waals surface area contributed by atoms with Crippen molar-refractivity contribution in [1.82, 2.24) is 4.98 Å². The van der Waals surface area contributed by atoms with Crippen LogP contribution in [0.2, 0.25) is 0 Å². The lowest BCUT2D eigenvalue weighted by molar-refractivity contribution is 0.600. The summed E-state index contributed by atoms with van der Waals surface area (Å²) in [5.74, 6) is -0.0666. The minimum atomic E-state index is -3.49. The van der Waals surface area contributed by atoms with E-state index >= 15 is 0 Å². The first-order chi connectivity index (χ1) is 11.5. The van der Waals surface area contributed by atoms with Crippen molar-refractivity contribution < 1.29 is 8.42 Å². The fourth-order valence-electron chi connectivity index (χ4n) is 2.40. The largest absolute Gasteiger partial charge is 0.282 e. The van der Waals surface area contributed by atoms with Crippen LogP contribution in [0.5, 0.6) is 0 Å². The molecule has 0 unspecified atom stereocenters. The maximum Gasteiger partial charge on any atom is 0.236 e. The molecule has 0 fully saturated rings. The van der Waals surface area contributed by atoms with Gasteiger partial charge in [-0.3, -0.25) is 9.71 Å². The maximum atomic E-state index is 12.4. The molecule has 0 atom stereocenters. The average molecular weight is 338 g/mol. The molecule has 0 bridgehead atoms. The summed E-state index contributed by atoms with van der Waals surface area (Å²) in [5, 5.41) is 0. The van der Waals surface area contributed by atoms with Crippen LogP contribution in [-0.4, -0.2) is 13.4 Å². The number of rotatable bonds is 5. The van der Waals surface area contributed by atoms with E-state index in [9.17, 15) is 8.42 Å². The Morgan fingerprint density at radius 3 is 2.33 bits per heavy atom. The standard InChI is InChI=1S/C19H18N2O2S/c1-15-7-9-16(10-8-15)14-24(22,23)21-19-11-18(12-20-13-19)17-5-3-2-4-6-17/h2-13,21H,14H2,1H3. The molecule has 1 N–H and O–H groups in total. The fraction of sp³-hybridized carbons (Fsp3) is 0.105. The number of hydrogen-bond acceptors (Lipinski definition) is 3. The molecule has 0 saturated heterocycles. The second kappa shape index (κ2) is 6.84. The van der Waals surface area contributed by atoms with Gasteiger partial charge in [-0.25, -0.2) is 8.42 Å². The van der Waals surface area contributed by atoms with E-state index in [-0.39, 0.29) is 5.75 Å². The summed E-state index contributed by atoms with van der Waals surface area (Å²) in [4.78, 5) is 4.14. The molecule has 0 saturated carbocycles. The molecule has 3 aromatic rings. The molecule has 0 amide bonds.